The number of nitrogens with zero attached hydrogens (tertiary/aromatic N) is 1. The molecule has 0 aliphatic carbocycles. The Morgan fingerprint density at radius 3 is 2.84 bits per heavy atom. The third kappa shape index (κ3) is 3.02. The molecule has 1 aromatic rings. The lowest BCUT2D eigenvalue weighted by Crippen LogP contribution is -2.31. The maximum atomic E-state index is 10.8. The van der Waals surface area contributed by atoms with E-state index in [0.29, 0.717) is 5.56 Å². The van der Waals surface area contributed by atoms with Crippen molar-refractivity contribution in [1.82, 2.24) is 0 Å². The van der Waals surface area contributed by atoms with E-state index >= 15 is 0 Å². The average Bonchev–Trinajstić information content (AvgIpc) is 2.38. The second-order valence-electron chi connectivity index (χ2n) is 4.68. The molecule has 0 amide bonds. The van der Waals surface area contributed by atoms with E-state index in [1.807, 2.05) is 13.8 Å². The minimum Gasteiger partial charge on any atom is -0.507 e. The van der Waals surface area contributed by atoms with Crippen LogP contribution in [-0.2, 0) is 9.47 Å². The molecule has 0 saturated carbocycles. The van der Waals surface area contributed by atoms with Crippen molar-refractivity contribution < 1.29 is 19.5 Å². The molecule has 1 N–H and O–H groups in total. The maximum absolute atomic E-state index is 10.8. The fourth-order valence-corrected chi connectivity index (χ4v) is 2.15. The Morgan fingerprint density at radius 1 is 1.47 bits per heavy atom. The Bertz CT molecular complexity index is 476. The molecule has 1 fully saturated rings. The van der Waals surface area contributed by atoms with Crippen molar-refractivity contribution in [2.45, 2.75) is 45.2 Å². The van der Waals surface area contributed by atoms with Crippen LogP contribution in [0.3, 0.4) is 0 Å². The van der Waals surface area contributed by atoms with Crippen LogP contribution in [0.4, 0.5) is 5.69 Å². The lowest BCUT2D eigenvalue weighted by atomic mass is 10.1. The third-order valence-corrected chi connectivity index (χ3v) is 3.20. The van der Waals surface area contributed by atoms with Crippen LogP contribution >= 0.6 is 0 Å². The van der Waals surface area contributed by atoms with Crippen LogP contribution < -0.4 is 0 Å². The van der Waals surface area contributed by atoms with Gasteiger partial charge in [-0.2, -0.15) is 0 Å². The standard InChI is InChI=1S/C13H17NO5/c1-3-10-6-8(2)18-13(19-10)11-7-9(14(16)17)4-5-12(11)15/h4-5,7-8,10,13,15H,3,6H2,1-2H3. The lowest BCUT2D eigenvalue weighted by molar-refractivity contribution is -0.385. The lowest BCUT2D eigenvalue weighted by Gasteiger charge is -2.34. The Balaban J connectivity index is 2.29. The van der Waals surface area contributed by atoms with Gasteiger partial charge in [0.25, 0.3) is 5.69 Å². The Morgan fingerprint density at radius 2 is 2.21 bits per heavy atom. The molecule has 0 radical (unpaired) electrons. The van der Waals surface area contributed by atoms with Gasteiger partial charge < -0.3 is 14.6 Å². The Hall–Kier alpha value is -1.66. The fraction of sp³-hybridized carbons (Fsp3) is 0.538. The molecule has 6 heteroatoms. The van der Waals surface area contributed by atoms with Gasteiger partial charge in [-0.1, -0.05) is 6.92 Å². The van der Waals surface area contributed by atoms with Crippen LogP contribution in [0.25, 0.3) is 0 Å². The second kappa shape index (κ2) is 5.54. The first kappa shape index (κ1) is 13.8. The van der Waals surface area contributed by atoms with Crippen molar-refractivity contribution >= 4 is 5.69 Å². The maximum Gasteiger partial charge on any atom is 0.270 e. The normalized spacial score (nSPS) is 27.2. The molecule has 6 nitrogen and oxygen atoms in total. The summed E-state index contributed by atoms with van der Waals surface area (Å²) in [5, 5.41) is 20.6. The van der Waals surface area contributed by atoms with Crippen LogP contribution in [0.1, 0.15) is 38.5 Å². The summed E-state index contributed by atoms with van der Waals surface area (Å²) in [4.78, 5) is 10.3. The van der Waals surface area contributed by atoms with E-state index in [-0.39, 0.29) is 23.6 Å². The Kier molecular flexibility index (Phi) is 4.01. The van der Waals surface area contributed by atoms with E-state index in [9.17, 15) is 15.2 Å². The molecule has 2 rings (SSSR count). The predicted octanol–water partition coefficient (Wildman–Crippen LogP) is 2.90. The van der Waals surface area contributed by atoms with Gasteiger partial charge in [0.1, 0.15) is 5.75 Å². The van der Waals surface area contributed by atoms with Crippen LogP contribution in [0.5, 0.6) is 5.75 Å². The monoisotopic (exact) mass is 267 g/mol. The summed E-state index contributed by atoms with van der Waals surface area (Å²) in [5.74, 6) is -0.0560. The number of benzene rings is 1. The zero-order valence-electron chi connectivity index (χ0n) is 10.9. The van der Waals surface area contributed by atoms with Crippen LogP contribution in [0.2, 0.25) is 0 Å². The number of nitro groups is 1. The van der Waals surface area contributed by atoms with E-state index in [4.69, 9.17) is 9.47 Å². The van der Waals surface area contributed by atoms with Gasteiger partial charge >= 0.3 is 0 Å². The number of rotatable bonds is 3. The molecule has 1 aliphatic heterocycles. The minimum atomic E-state index is -0.756. The largest absolute Gasteiger partial charge is 0.507 e. The molecule has 1 aromatic carbocycles. The molecule has 3 unspecified atom stereocenters. The van der Waals surface area contributed by atoms with Gasteiger partial charge in [0.2, 0.25) is 0 Å². The highest BCUT2D eigenvalue weighted by molar-refractivity contribution is 5.43. The van der Waals surface area contributed by atoms with Crippen molar-refractivity contribution in [2.75, 3.05) is 0 Å². The quantitative estimate of drug-likeness (QED) is 0.672. The number of non-ortho nitro benzene ring substituents is 1. The summed E-state index contributed by atoms with van der Waals surface area (Å²) in [7, 11) is 0. The summed E-state index contributed by atoms with van der Waals surface area (Å²) < 4.78 is 11.3. The van der Waals surface area contributed by atoms with E-state index in [0.717, 1.165) is 12.8 Å². The third-order valence-electron chi connectivity index (χ3n) is 3.20. The number of nitro benzene ring substituents is 1. The summed E-state index contributed by atoms with van der Waals surface area (Å²) >= 11 is 0. The van der Waals surface area contributed by atoms with Crippen molar-refractivity contribution in [2.24, 2.45) is 0 Å². The number of phenolic OH excluding ortho intramolecular Hbond substituents is 1. The smallest absolute Gasteiger partial charge is 0.270 e. The van der Waals surface area contributed by atoms with E-state index in [1.54, 1.807) is 0 Å². The van der Waals surface area contributed by atoms with Crippen molar-refractivity contribution in [1.29, 1.82) is 0 Å². The first-order valence-electron chi connectivity index (χ1n) is 6.29. The van der Waals surface area contributed by atoms with Gasteiger partial charge in [-0.15, -0.1) is 0 Å². The first-order valence-corrected chi connectivity index (χ1v) is 6.29. The SMILES string of the molecule is CCC1CC(C)OC(c2cc([N+](=O)[O-])ccc2O)O1. The van der Waals surface area contributed by atoms with Crippen molar-refractivity contribution in [3.63, 3.8) is 0 Å². The molecule has 0 bridgehead atoms. The van der Waals surface area contributed by atoms with Crippen LogP contribution in [0.15, 0.2) is 18.2 Å². The van der Waals surface area contributed by atoms with Crippen LogP contribution in [0, 0.1) is 10.1 Å². The molecule has 104 valence electrons. The molecule has 1 aliphatic rings. The first-order chi connectivity index (χ1) is 9.01. The predicted molar refractivity (Wildman–Crippen MR) is 67.8 cm³/mol. The fourth-order valence-electron chi connectivity index (χ4n) is 2.15. The molecular formula is C13H17NO5. The molecule has 0 aromatic heterocycles. The van der Waals surface area contributed by atoms with Gasteiger partial charge in [-0.3, -0.25) is 10.1 Å². The molecule has 19 heavy (non-hydrogen) atoms. The number of hydrogen-bond acceptors (Lipinski definition) is 5. The summed E-state index contributed by atoms with van der Waals surface area (Å²) in [6, 6.07) is 3.84. The molecule has 1 saturated heterocycles. The van der Waals surface area contributed by atoms with E-state index in [1.165, 1.54) is 18.2 Å². The Labute approximate surface area is 111 Å². The van der Waals surface area contributed by atoms with E-state index in [2.05, 4.69) is 0 Å². The highest BCUT2D eigenvalue weighted by Crippen LogP contribution is 2.36. The topological polar surface area (TPSA) is 81.8 Å². The van der Waals surface area contributed by atoms with Crippen LogP contribution in [-0.4, -0.2) is 22.2 Å². The number of hydrogen-bond donors (Lipinski definition) is 1. The van der Waals surface area contributed by atoms with Crippen molar-refractivity contribution in [3.8, 4) is 5.75 Å². The molecule has 3 atom stereocenters. The highest BCUT2D eigenvalue weighted by Gasteiger charge is 2.30. The summed E-state index contributed by atoms with van der Waals surface area (Å²) in [6.07, 6.45) is 0.881. The molecule has 0 spiro atoms. The van der Waals surface area contributed by atoms with Gasteiger partial charge in [-0.05, 0) is 25.8 Å². The van der Waals surface area contributed by atoms with Gasteiger partial charge in [0, 0.05) is 12.1 Å². The highest BCUT2D eigenvalue weighted by atomic mass is 16.7. The number of ether oxygens (including phenoxy) is 2. The zero-order valence-corrected chi connectivity index (χ0v) is 10.9. The summed E-state index contributed by atoms with van der Waals surface area (Å²) in [5.41, 5.74) is 0.213. The number of phenols is 1. The minimum absolute atomic E-state index is 0.0117. The van der Waals surface area contributed by atoms with E-state index < -0.39 is 11.2 Å². The zero-order chi connectivity index (χ0) is 14.0. The summed E-state index contributed by atoms with van der Waals surface area (Å²) in [6.45, 7) is 3.93. The number of aromatic hydroxyl groups is 1. The van der Waals surface area contributed by atoms with Gasteiger partial charge in [0.15, 0.2) is 6.29 Å². The van der Waals surface area contributed by atoms with Gasteiger partial charge in [0.05, 0.1) is 22.7 Å². The molecular weight excluding hydrogens is 250 g/mol. The second-order valence-corrected chi connectivity index (χ2v) is 4.68. The van der Waals surface area contributed by atoms with Crippen molar-refractivity contribution in [3.05, 3.63) is 33.9 Å². The van der Waals surface area contributed by atoms with Gasteiger partial charge in [-0.25, -0.2) is 0 Å². The average molecular weight is 267 g/mol. The molecule has 1 heterocycles.